The predicted octanol–water partition coefficient (Wildman–Crippen LogP) is -1.44. The first-order valence-electron chi connectivity index (χ1n) is 6.25. The topological polar surface area (TPSA) is 190 Å². The zero-order valence-electron chi connectivity index (χ0n) is 11.7. The molecular weight excluding hydrogens is 352 g/mol. The summed E-state index contributed by atoms with van der Waals surface area (Å²) in [5, 5.41) is 18.0. The van der Waals surface area contributed by atoms with Crippen molar-refractivity contribution in [2.24, 2.45) is 0 Å². The number of carbonyl (C=O) groups excluding carboxylic acids is 1. The summed E-state index contributed by atoms with van der Waals surface area (Å²) in [5.41, 5.74) is 0.547. The van der Waals surface area contributed by atoms with Crippen LogP contribution in [0.2, 0.25) is 0 Å². The Morgan fingerprint density at radius 3 is 2.17 bits per heavy atom. The second kappa shape index (κ2) is 7.44. The molecule has 0 aliphatic carbocycles. The van der Waals surface area contributed by atoms with Gasteiger partial charge in [-0.1, -0.05) is 6.07 Å². The molecule has 0 saturated carbocycles. The standard InChI is InChI=1S/C11H17NO9P2/c13-8-2-1-7(5-9(8)14)3-4-12-10(15)6-11(22(16,17)18)23(19,20)21/h1-2,5,11,13-14H,3-4,6H2,(H,12,15)(H2,16,17,18)(H2,19,20,21)/p-2. The maximum Gasteiger partial charge on any atom is 0.221 e. The number of phenols is 2. The number of phenolic OH excluding ortho intramolecular Hbond substituents is 2. The number of hydrogen-bond donors (Lipinski definition) is 5. The molecule has 1 aromatic rings. The molecule has 0 saturated heterocycles. The second-order valence-corrected chi connectivity index (χ2v) is 8.65. The number of nitrogens with one attached hydrogen (secondary N) is 1. The quantitative estimate of drug-likeness (QED) is 0.284. The van der Waals surface area contributed by atoms with Crippen molar-refractivity contribution in [3.63, 3.8) is 0 Å². The van der Waals surface area contributed by atoms with Gasteiger partial charge in [0, 0.05) is 13.0 Å². The first kappa shape index (κ1) is 19.6. The lowest BCUT2D eigenvalue weighted by Gasteiger charge is -2.33. The van der Waals surface area contributed by atoms with Crippen LogP contribution in [0.1, 0.15) is 12.0 Å². The molecule has 2 atom stereocenters. The molecule has 0 spiro atoms. The molecule has 0 aromatic heterocycles. The number of benzene rings is 1. The van der Waals surface area contributed by atoms with Crippen molar-refractivity contribution in [1.82, 2.24) is 5.32 Å². The fourth-order valence-electron chi connectivity index (χ4n) is 1.72. The number of amides is 1. The van der Waals surface area contributed by atoms with E-state index in [-0.39, 0.29) is 24.5 Å². The highest BCUT2D eigenvalue weighted by atomic mass is 31.2. The second-order valence-electron chi connectivity index (χ2n) is 4.74. The molecule has 130 valence electrons. The van der Waals surface area contributed by atoms with Crippen LogP contribution in [-0.4, -0.2) is 37.9 Å². The van der Waals surface area contributed by atoms with E-state index in [1.807, 2.05) is 0 Å². The molecule has 0 fully saturated rings. The van der Waals surface area contributed by atoms with Gasteiger partial charge in [-0.15, -0.1) is 0 Å². The van der Waals surface area contributed by atoms with Crippen molar-refractivity contribution in [2.75, 3.05) is 6.54 Å². The van der Waals surface area contributed by atoms with E-state index in [0.29, 0.717) is 5.56 Å². The largest absolute Gasteiger partial charge is 0.778 e. The number of carbonyl (C=O) groups is 1. The van der Waals surface area contributed by atoms with E-state index in [1.54, 1.807) is 0 Å². The SMILES string of the molecule is O=C(CC(P(=O)([O-])O)P(=O)([O-])O)NCCc1ccc(O)c(O)c1. The zero-order chi connectivity index (χ0) is 17.8. The van der Waals surface area contributed by atoms with E-state index in [9.17, 15) is 28.8 Å². The Kier molecular flexibility index (Phi) is 6.35. The average Bonchev–Trinajstić information content (AvgIpc) is 2.37. The Hall–Kier alpha value is -1.41. The smallest absolute Gasteiger partial charge is 0.221 e. The number of aromatic hydroxyl groups is 2. The fourth-order valence-corrected chi connectivity index (χ4v) is 3.99. The summed E-state index contributed by atoms with van der Waals surface area (Å²) in [7, 11) is -10.9. The van der Waals surface area contributed by atoms with Crippen molar-refractivity contribution in [2.45, 2.75) is 18.2 Å². The third-order valence-electron chi connectivity index (χ3n) is 2.90. The molecule has 0 heterocycles. The highest BCUT2D eigenvalue weighted by Crippen LogP contribution is 2.56. The van der Waals surface area contributed by atoms with Gasteiger partial charge in [0.05, 0.1) is 5.40 Å². The van der Waals surface area contributed by atoms with Gasteiger partial charge in [0.15, 0.2) is 11.5 Å². The summed E-state index contributed by atoms with van der Waals surface area (Å²) in [6.07, 6.45) is -0.943. The van der Waals surface area contributed by atoms with Gasteiger partial charge >= 0.3 is 0 Å². The molecule has 12 heteroatoms. The number of hydrogen-bond acceptors (Lipinski definition) is 7. The maximum atomic E-state index is 11.5. The van der Waals surface area contributed by atoms with Gasteiger partial charge in [-0.2, -0.15) is 0 Å². The van der Waals surface area contributed by atoms with Crippen molar-refractivity contribution in [1.29, 1.82) is 0 Å². The molecule has 23 heavy (non-hydrogen) atoms. The average molecular weight is 367 g/mol. The summed E-state index contributed by atoms with van der Waals surface area (Å²) >= 11 is 0. The minimum absolute atomic E-state index is 0.0288. The summed E-state index contributed by atoms with van der Waals surface area (Å²) in [6.45, 7) is -0.0288. The van der Waals surface area contributed by atoms with Crippen LogP contribution in [0.4, 0.5) is 0 Å². The Morgan fingerprint density at radius 1 is 1.13 bits per heavy atom. The summed E-state index contributed by atoms with van der Waals surface area (Å²) in [5.74, 6) is -1.67. The summed E-state index contributed by atoms with van der Waals surface area (Å²) in [4.78, 5) is 50.8. The summed E-state index contributed by atoms with van der Waals surface area (Å²) in [6, 6.07) is 3.97. The highest BCUT2D eigenvalue weighted by molar-refractivity contribution is 7.69. The number of rotatable bonds is 7. The van der Waals surface area contributed by atoms with Crippen LogP contribution < -0.4 is 15.1 Å². The van der Waals surface area contributed by atoms with Gasteiger partial charge in [-0.05, 0) is 24.1 Å². The summed E-state index contributed by atoms with van der Waals surface area (Å²) < 4.78 is 21.8. The molecular formula is C11H15NO9P2-2. The van der Waals surface area contributed by atoms with E-state index in [4.69, 9.17) is 14.9 Å². The molecule has 1 aromatic carbocycles. The van der Waals surface area contributed by atoms with Gasteiger partial charge < -0.3 is 44.2 Å². The fraction of sp³-hybridized carbons (Fsp3) is 0.364. The van der Waals surface area contributed by atoms with E-state index in [1.165, 1.54) is 18.2 Å². The van der Waals surface area contributed by atoms with Gasteiger partial charge in [0.1, 0.15) is 15.2 Å². The Bertz CT molecular complexity index is 643. The normalized spacial score (nSPS) is 17.7. The van der Waals surface area contributed by atoms with E-state index in [2.05, 4.69) is 5.32 Å². The van der Waals surface area contributed by atoms with E-state index < -0.39 is 32.9 Å². The lowest BCUT2D eigenvalue weighted by molar-refractivity contribution is -0.206. The zero-order valence-corrected chi connectivity index (χ0v) is 13.4. The molecule has 0 aliphatic rings. The van der Waals surface area contributed by atoms with Crippen molar-refractivity contribution in [3.05, 3.63) is 23.8 Å². The molecule has 1 amide bonds. The molecule has 1 rings (SSSR count). The lowest BCUT2D eigenvalue weighted by atomic mass is 10.1. The molecule has 2 unspecified atom stereocenters. The van der Waals surface area contributed by atoms with Crippen LogP contribution >= 0.6 is 15.2 Å². The Balaban J connectivity index is 2.58. The van der Waals surface area contributed by atoms with Crippen LogP contribution in [0, 0.1) is 0 Å². The molecule has 10 nitrogen and oxygen atoms in total. The minimum Gasteiger partial charge on any atom is -0.778 e. The molecule has 0 radical (unpaired) electrons. The van der Waals surface area contributed by atoms with Gasteiger partial charge in [-0.3, -0.25) is 4.79 Å². The van der Waals surface area contributed by atoms with E-state index in [0.717, 1.165) is 0 Å². The first-order valence-corrected chi connectivity index (χ1v) is 9.55. The Morgan fingerprint density at radius 2 is 1.70 bits per heavy atom. The van der Waals surface area contributed by atoms with Crippen LogP contribution in [0.15, 0.2) is 18.2 Å². The van der Waals surface area contributed by atoms with Gasteiger partial charge in [0.2, 0.25) is 5.91 Å². The monoisotopic (exact) mass is 367 g/mol. The molecule has 0 aliphatic heterocycles. The third kappa shape index (κ3) is 6.31. The van der Waals surface area contributed by atoms with Crippen molar-refractivity contribution >= 4 is 21.1 Å². The highest BCUT2D eigenvalue weighted by Gasteiger charge is 2.32. The van der Waals surface area contributed by atoms with Gasteiger partial charge in [0.25, 0.3) is 0 Å². The van der Waals surface area contributed by atoms with Crippen LogP contribution in [-0.2, 0) is 20.3 Å². The lowest BCUT2D eigenvalue weighted by Crippen LogP contribution is -2.32. The first-order chi connectivity index (χ1) is 10.4. The Labute approximate surface area is 131 Å². The van der Waals surface area contributed by atoms with Crippen LogP contribution in [0.5, 0.6) is 11.5 Å². The molecule has 5 N–H and O–H groups in total. The maximum absolute atomic E-state index is 11.5. The van der Waals surface area contributed by atoms with Crippen LogP contribution in [0.25, 0.3) is 0 Å². The van der Waals surface area contributed by atoms with Crippen molar-refractivity contribution in [3.8, 4) is 11.5 Å². The van der Waals surface area contributed by atoms with Crippen LogP contribution in [0.3, 0.4) is 0 Å². The van der Waals surface area contributed by atoms with Gasteiger partial charge in [-0.25, -0.2) is 0 Å². The molecule has 0 bridgehead atoms. The third-order valence-corrected chi connectivity index (χ3v) is 6.52. The van der Waals surface area contributed by atoms with Crippen molar-refractivity contribution < 1.29 is 43.7 Å². The predicted molar refractivity (Wildman–Crippen MR) is 74.5 cm³/mol. The van der Waals surface area contributed by atoms with E-state index >= 15 is 0 Å². The minimum atomic E-state index is -5.45.